The lowest BCUT2D eigenvalue weighted by Crippen LogP contribution is -2.02. The molecule has 4 heteroatoms. The highest BCUT2D eigenvalue weighted by Crippen LogP contribution is 2.17. The molecule has 0 radical (unpaired) electrons. The summed E-state index contributed by atoms with van der Waals surface area (Å²) in [6.45, 7) is 0.614. The van der Waals surface area contributed by atoms with E-state index >= 15 is 0 Å². The molecule has 2 aromatic heterocycles. The molecular formula is C14H14N4. The van der Waals surface area contributed by atoms with Gasteiger partial charge in [0.15, 0.2) is 0 Å². The third-order valence-electron chi connectivity index (χ3n) is 2.87. The Balaban J connectivity index is 2.05. The van der Waals surface area contributed by atoms with Crippen LogP contribution in [-0.4, -0.2) is 20.9 Å². The van der Waals surface area contributed by atoms with Crippen molar-refractivity contribution in [2.75, 3.05) is 6.54 Å². The number of benzene rings is 1. The third kappa shape index (κ3) is 1.98. The van der Waals surface area contributed by atoms with E-state index in [1.54, 1.807) is 6.33 Å². The zero-order valence-corrected chi connectivity index (χ0v) is 9.95. The van der Waals surface area contributed by atoms with E-state index in [0.717, 1.165) is 29.0 Å². The average Bonchev–Trinajstić information content (AvgIpc) is 2.81. The Morgan fingerprint density at radius 2 is 2.00 bits per heavy atom. The Labute approximate surface area is 105 Å². The summed E-state index contributed by atoms with van der Waals surface area (Å²) < 4.78 is 1.93. The van der Waals surface area contributed by atoms with Gasteiger partial charge in [-0.1, -0.05) is 30.3 Å². The highest BCUT2D eigenvalue weighted by Gasteiger charge is 2.04. The Hall–Kier alpha value is -2.20. The van der Waals surface area contributed by atoms with E-state index in [0.29, 0.717) is 6.54 Å². The summed E-state index contributed by atoms with van der Waals surface area (Å²) in [7, 11) is 0. The molecule has 0 spiro atoms. The molecule has 0 unspecified atom stereocenters. The van der Waals surface area contributed by atoms with Crippen LogP contribution in [0.4, 0.5) is 0 Å². The maximum absolute atomic E-state index is 5.54. The highest BCUT2D eigenvalue weighted by molar-refractivity contribution is 5.63. The SMILES string of the molecule is NCCc1cn2cnc(-c3ccccc3)cc2n1. The van der Waals surface area contributed by atoms with Crippen molar-refractivity contribution in [3.05, 3.63) is 54.6 Å². The number of nitrogens with zero attached hydrogens (tertiary/aromatic N) is 3. The normalized spacial score (nSPS) is 10.9. The number of hydrogen-bond acceptors (Lipinski definition) is 3. The Morgan fingerprint density at radius 3 is 2.78 bits per heavy atom. The maximum Gasteiger partial charge on any atom is 0.140 e. The molecule has 2 N–H and O–H groups in total. The third-order valence-corrected chi connectivity index (χ3v) is 2.87. The van der Waals surface area contributed by atoms with E-state index in [1.165, 1.54) is 0 Å². The Kier molecular flexibility index (Phi) is 2.78. The minimum absolute atomic E-state index is 0.614. The second-order valence-corrected chi connectivity index (χ2v) is 4.18. The summed E-state index contributed by atoms with van der Waals surface area (Å²) in [6.07, 6.45) is 4.57. The van der Waals surface area contributed by atoms with Crippen LogP contribution in [0.1, 0.15) is 5.69 Å². The van der Waals surface area contributed by atoms with Crippen LogP contribution >= 0.6 is 0 Å². The molecule has 0 saturated heterocycles. The van der Waals surface area contributed by atoms with Gasteiger partial charge in [-0.3, -0.25) is 4.40 Å². The van der Waals surface area contributed by atoms with E-state index in [4.69, 9.17) is 5.73 Å². The van der Waals surface area contributed by atoms with Crippen molar-refractivity contribution in [2.24, 2.45) is 5.73 Å². The fourth-order valence-electron chi connectivity index (χ4n) is 1.98. The lowest BCUT2D eigenvalue weighted by Gasteiger charge is -2.00. The van der Waals surface area contributed by atoms with Crippen LogP contribution in [0.2, 0.25) is 0 Å². The maximum atomic E-state index is 5.54. The van der Waals surface area contributed by atoms with Gasteiger partial charge >= 0.3 is 0 Å². The fourth-order valence-corrected chi connectivity index (χ4v) is 1.98. The predicted octanol–water partition coefficient (Wildman–Crippen LogP) is 1.90. The molecule has 0 bridgehead atoms. The van der Waals surface area contributed by atoms with Gasteiger partial charge in [0.1, 0.15) is 12.0 Å². The quantitative estimate of drug-likeness (QED) is 0.758. The average molecular weight is 238 g/mol. The van der Waals surface area contributed by atoms with Gasteiger partial charge in [0.05, 0.1) is 11.4 Å². The number of fused-ring (bicyclic) bond motifs is 1. The monoisotopic (exact) mass is 238 g/mol. The molecule has 18 heavy (non-hydrogen) atoms. The van der Waals surface area contributed by atoms with Crippen LogP contribution in [-0.2, 0) is 6.42 Å². The molecule has 1 aromatic carbocycles. The van der Waals surface area contributed by atoms with Crippen molar-refractivity contribution in [3.8, 4) is 11.3 Å². The highest BCUT2D eigenvalue weighted by atomic mass is 15.0. The molecule has 3 rings (SSSR count). The second kappa shape index (κ2) is 4.58. The van der Waals surface area contributed by atoms with Gasteiger partial charge in [-0.05, 0) is 6.54 Å². The number of aromatic nitrogens is 3. The molecule has 0 saturated carbocycles. The summed E-state index contributed by atoms with van der Waals surface area (Å²) in [5, 5.41) is 0. The van der Waals surface area contributed by atoms with Gasteiger partial charge in [-0.2, -0.15) is 0 Å². The number of nitrogens with two attached hydrogens (primary N) is 1. The number of hydrogen-bond donors (Lipinski definition) is 1. The van der Waals surface area contributed by atoms with Crippen molar-refractivity contribution in [2.45, 2.75) is 6.42 Å². The fraction of sp³-hybridized carbons (Fsp3) is 0.143. The first-order chi connectivity index (χ1) is 8.86. The van der Waals surface area contributed by atoms with E-state index in [2.05, 4.69) is 9.97 Å². The van der Waals surface area contributed by atoms with Gasteiger partial charge in [0.25, 0.3) is 0 Å². The molecule has 2 heterocycles. The predicted molar refractivity (Wildman–Crippen MR) is 71.2 cm³/mol. The topological polar surface area (TPSA) is 56.2 Å². The van der Waals surface area contributed by atoms with Gasteiger partial charge in [-0.25, -0.2) is 9.97 Å². The molecule has 3 aromatic rings. The zero-order chi connectivity index (χ0) is 12.4. The van der Waals surface area contributed by atoms with Gasteiger partial charge in [-0.15, -0.1) is 0 Å². The summed E-state index contributed by atoms with van der Waals surface area (Å²) >= 11 is 0. The van der Waals surface area contributed by atoms with Crippen molar-refractivity contribution in [3.63, 3.8) is 0 Å². The summed E-state index contributed by atoms with van der Waals surface area (Å²) in [4.78, 5) is 8.97. The Bertz CT molecular complexity index is 658. The van der Waals surface area contributed by atoms with Crippen LogP contribution in [0.3, 0.4) is 0 Å². The van der Waals surface area contributed by atoms with Crippen LogP contribution < -0.4 is 5.73 Å². The lowest BCUT2D eigenvalue weighted by atomic mass is 10.1. The molecule has 0 aliphatic carbocycles. The van der Waals surface area contributed by atoms with Crippen molar-refractivity contribution >= 4 is 5.65 Å². The van der Waals surface area contributed by atoms with E-state index < -0.39 is 0 Å². The number of rotatable bonds is 3. The smallest absolute Gasteiger partial charge is 0.140 e. The lowest BCUT2D eigenvalue weighted by molar-refractivity contribution is 0.936. The van der Waals surface area contributed by atoms with E-state index in [-0.39, 0.29) is 0 Å². The molecule has 90 valence electrons. The second-order valence-electron chi connectivity index (χ2n) is 4.18. The van der Waals surface area contributed by atoms with Gasteiger partial charge < -0.3 is 5.73 Å². The van der Waals surface area contributed by atoms with Crippen molar-refractivity contribution in [1.82, 2.24) is 14.4 Å². The first kappa shape index (κ1) is 10.9. The molecule has 0 aliphatic rings. The van der Waals surface area contributed by atoms with E-state index in [9.17, 15) is 0 Å². The largest absolute Gasteiger partial charge is 0.330 e. The Morgan fingerprint density at radius 1 is 1.17 bits per heavy atom. The summed E-state index contributed by atoms with van der Waals surface area (Å²) in [5.41, 5.74) is 9.49. The zero-order valence-electron chi connectivity index (χ0n) is 9.95. The molecular weight excluding hydrogens is 224 g/mol. The first-order valence-electron chi connectivity index (χ1n) is 5.96. The van der Waals surface area contributed by atoms with Gasteiger partial charge in [0, 0.05) is 24.2 Å². The minimum Gasteiger partial charge on any atom is -0.330 e. The van der Waals surface area contributed by atoms with Crippen molar-refractivity contribution in [1.29, 1.82) is 0 Å². The van der Waals surface area contributed by atoms with E-state index in [1.807, 2.05) is 47.0 Å². The molecule has 0 fully saturated rings. The van der Waals surface area contributed by atoms with Crippen LogP contribution in [0, 0.1) is 0 Å². The standard InChI is InChI=1S/C14H14N4/c15-7-6-12-9-18-10-16-13(8-14(18)17-12)11-4-2-1-3-5-11/h1-5,8-10H,6-7,15H2. The van der Waals surface area contributed by atoms with Crippen molar-refractivity contribution < 1.29 is 0 Å². The summed E-state index contributed by atoms with van der Waals surface area (Å²) in [6, 6.07) is 12.1. The molecule has 0 atom stereocenters. The van der Waals surface area contributed by atoms with Crippen LogP contribution in [0.25, 0.3) is 16.9 Å². The minimum atomic E-state index is 0.614. The number of imidazole rings is 1. The molecule has 0 amide bonds. The van der Waals surface area contributed by atoms with Crippen LogP contribution in [0.5, 0.6) is 0 Å². The van der Waals surface area contributed by atoms with Gasteiger partial charge in [0.2, 0.25) is 0 Å². The van der Waals surface area contributed by atoms with Crippen LogP contribution in [0.15, 0.2) is 48.9 Å². The first-order valence-corrected chi connectivity index (χ1v) is 5.96. The molecule has 0 aliphatic heterocycles. The molecule has 4 nitrogen and oxygen atoms in total. The summed E-state index contributed by atoms with van der Waals surface area (Å²) in [5.74, 6) is 0.